The fraction of sp³-hybridized carbons (Fsp3) is 0.182. The van der Waals surface area contributed by atoms with Gasteiger partial charge < -0.3 is 9.72 Å². The highest BCUT2D eigenvalue weighted by atomic mass is 16.5. The van der Waals surface area contributed by atoms with E-state index in [1.54, 1.807) is 19.1 Å². The second-order valence-electron chi connectivity index (χ2n) is 3.14. The first-order valence-corrected chi connectivity index (χ1v) is 4.81. The molecule has 0 saturated heterocycles. The number of aromatic amines is 1. The summed E-state index contributed by atoms with van der Waals surface area (Å²) in [6.07, 6.45) is 1.52. The molecular weight excluding hydrogens is 206 g/mol. The van der Waals surface area contributed by atoms with Crippen LogP contribution in [0.4, 0.5) is 0 Å². The van der Waals surface area contributed by atoms with Crippen molar-refractivity contribution in [2.24, 2.45) is 0 Å². The minimum absolute atomic E-state index is 0.312. The number of H-pyrrole nitrogens is 1. The number of aromatic nitrogens is 2. The molecule has 0 amide bonds. The average Bonchev–Trinajstić information content (AvgIpc) is 2.72. The summed E-state index contributed by atoms with van der Waals surface area (Å²) >= 11 is 0. The van der Waals surface area contributed by atoms with Crippen molar-refractivity contribution in [3.63, 3.8) is 0 Å². The molecule has 0 unspecified atom stereocenters. The van der Waals surface area contributed by atoms with Crippen LogP contribution < -0.4 is 0 Å². The number of carbonyl (C=O) groups is 1. The normalized spacial score (nSPS) is 10.0. The number of ether oxygens (including phenoxy) is 1. The maximum atomic E-state index is 11.4. The van der Waals surface area contributed by atoms with Crippen molar-refractivity contribution in [3.05, 3.63) is 29.6 Å². The van der Waals surface area contributed by atoms with Crippen LogP contribution in [0.3, 0.4) is 0 Å². The molecule has 5 nitrogen and oxygen atoms in total. The Morgan fingerprint density at radius 1 is 1.69 bits per heavy atom. The van der Waals surface area contributed by atoms with Crippen molar-refractivity contribution in [2.75, 3.05) is 6.61 Å². The van der Waals surface area contributed by atoms with Crippen LogP contribution >= 0.6 is 0 Å². The molecular formula is C11H9N3O2. The Bertz CT molecular complexity index is 580. The Hall–Kier alpha value is -2.35. The summed E-state index contributed by atoms with van der Waals surface area (Å²) in [5.74, 6) is -0.440. The summed E-state index contributed by atoms with van der Waals surface area (Å²) in [7, 11) is 0. The lowest BCUT2D eigenvalue weighted by atomic mass is 10.2. The van der Waals surface area contributed by atoms with E-state index in [1.165, 1.54) is 6.20 Å². The van der Waals surface area contributed by atoms with E-state index in [0.29, 0.717) is 28.9 Å². The summed E-state index contributed by atoms with van der Waals surface area (Å²) in [6.45, 7) is 2.05. The highest BCUT2D eigenvalue weighted by Gasteiger charge is 2.12. The zero-order valence-corrected chi connectivity index (χ0v) is 8.65. The monoisotopic (exact) mass is 215 g/mol. The van der Waals surface area contributed by atoms with Crippen LogP contribution in [0.5, 0.6) is 0 Å². The maximum absolute atomic E-state index is 11.4. The van der Waals surface area contributed by atoms with Crippen molar-refractivity contribution in [2.45, 2.75) is 6.92 Å². The summed E-state index contributed by atoms with van der Waals surface area (Å²) in [5, 5.41) is 9.51. The second kappa shape index (κ2) is 4.03. The van der Waals surface area contributed by atoms with Gasteiger partial charge in [-0.3, -0.25) is 0 Å². The number of carbonyl (C=O) groups excluding carboxylic acids is 1. The molecule has 0 fully saturated rings. The van der Waals surface area contributed by atoms with E-state index in [9.17, 15) is 4.79 Å². The fourth-order valence-electron chi connectivity index (χ4n) is 1.44. The zero-order valence-electron chi connectivity index (χ0n) is 8.65. The van der Waals surface area contributed by atoms with Gasteiger partial charge in [0.2, 0.25) is 0 Å². The molecule has 0 spiro atoms. The quantitative estimate of drug-likeness (QED) is 0.772. The number of fused-ring (bicyclic) bond motifs is 1. The van der Waals surface area contributed by atoms with Crippen LogP contribution in [0.2, 0.25) is 0 Å². The van der Waals surface area contributed by atoms with E-state index < -0.39 is 5.97 Å². The fourth-order valence-corrected chi connectivity index (χ4v) is 1.44. The molecule has 5 heteroatoms. The van der Waals surface area contributed by atoms with Crippen LogP contribution in [-0.4, -0.2) is 22.5 Å². The maximum Gasteiger partial charge on any atom is 0.354 e. The Morgan fingerprint density at radius 2 is 2.50 bits per heavy atom. The summed E-state index contributed by atoms with van der Waals surface area (Å²) in [5.41, 5.74) is 1.31. The van der Waals surface area contributed by atoms with Crippen molar-refractivity contribution in [1.82, 2.24) is 9.97 Å². The topological polar surface area (TPSA) is 78.8 Å². The Labute approximate surface area is 91.7 Å². The number of nitrogens with one attached hydrogen (secondary N) is 1. The summed E-state index contributed by atoms with van der Waals surface area (Å²) in [6, 6.07) is 5.23. The van der Waals surface area contributed by atoms with E-state index in [4.69, 9.17) is 10.00 Å². The van der Waals surface area contributed by atoms with Gasteiger partial charge in [0, 0.05) is 11.6 Å². The average molecular weight is 215 g/mol. The molecule has 2 heterocycles. The van der Waals surface area contributed by atoms with E-state index in [2.05, 4.69) is 9.97 Å². The predicted molar refractivity (Wildman–Crippen MR) is 56.8 cm³/mol. The van der Waals surface area contributed by atoms with Crippen molar-refractivity contribution in [3.8, 4) is 6.07 Å². The molecule has 0 atom stereocenters. The van der Waals surface area contributed by atoms with Crippen LogP contribution in [0.25, 0.3) is 11.0 Å². The van der Waals surface area contributed by atoms with Gasteiger partial charge in [-0.2, -0.15) is 5.26 Å². The molecule has 0 aliphatic rings. The molecule has 0 bridgehead atoms. The molecule has 2 rings (SSSR count). The first kappa shape index (κ1) is 10.2. The SMILES string of the molecule is CCOC(=O)c1cc2c(C#N)ccnc2[nH]1. The van der Waals surface area contributed by atoms with Gasteiger partial charge in [0.25, 0.3) is 0 Å². The van der Waals surface area contributed by atoms with Gasteiger partial charge in [-0.15, -0.1) is 0 Å². The third-order valence-corrected chi connectivity index (χ3v) is 2.15. The Balaban J connectivity index is 2.52. The van der Waals surface area contributed by atoms with Gasteiger partial charge in [-0.1, -0.05) is 0 Å². The standard InChI is InChI=1S/C11H9N3O2/c1-2-16-11(15)9-5-8-7(6-12)3-4-13-10(8)14-9/h3-5H,2H2,1H3,(H,13,14). The number of hydrogen-bond acceptors (Lipinski definition) is 4. The highest BCUT2D eigenvalue weighted by Crippen LogP contribution is 2.17. The number of pyridine rings is 1. The van der Waals surface area contributed by atoms with Gasteiger partial charge in [0.05, 0.1) is 18.2 Å². The van der Waals surface area contributed by atoms with E-state index in [1.807, 2.05) is 6.07 Å². The summed E-state index contributed by atoms with van der Waals surface area (Å²) in [4.78, 5) is 18.3. The summed E-state index contributed by atoms with van der Waals surface area (Å²) < 4.78 is 4.85. The third-order valence-electron chi connectivity index (χ3n) is 2.15. The molecule has 2 aromatic rings. The lowest BCUT2D eigenvalue weighted by Crippen LogP contribution is -2.04. The second-order valence-corrected chi connectivity index (χ2v) is 3.14. The first-order chi connectivity index (χ1) is 7.76. The number of nitrogens with zero attached hydrogens (tertiary/aromatic N) is 2. The number of esters is 1. The van der Waals surface area contributed by atoms with Crippen LogP contribution in [-0.2, 0) is 4.74 Å². The highest BCUT2D eigenvalue weighted by molar-refractivity contribution is 5.95. The van der Waals surface area contributed by atoms with Crippen LogP contribution in [0.1, 0.15) is 23.0 Å². The van der Waals surface area contributed by atoms with Crippen LogP contribution in [0.15, 0.2) is 18.3 Å². The van der Waals surface area contributed by atoms with Gasteiger partial charge in [0.1, 0.15) is 11.3 Å². The molecule has 0 radical (unpaired) electrons. The molecule has 1 N–H and O–H groups in total. The van der Waals surface area contributed by atoms with E-state index in [-0.39, 0.29) is 0 Å². The van der Waals surface area contributed by atoms with Gasteiger partial charge in [-0.05, 0) is 19.1 Å². The molecule has 0 aromatic carbocycles. The smallest absolute Gasteiger partial charge is 0.354 e. The molecule has 80 valence electrons. The molecule has 16 heavy (non-hydrogen) atoms. The van der Waals surface area contributed by atoms with E-state index >= 15 is 0 Å². The molecule has 0 saturated carbocycles. The largest absolute Gasteiger partial charge is 0.461 e. The molecule has 0 aliphatic heterocycles. The Kier molecular flexibility index (Phi) is 2.56. The zero-order chi connectivity index (χ0) is 11.5. The third kappa shape index (κ3) is 1.61. The molecule has 0 aliphatic carbocycles. The van der Waals surface area contributed by atoms with Crippen molar-refractivity contribution >= 4 is 17.0 Å². The van der Waals surface area contributed by atoms with Gasteiger partial charge in [-0.25, -0.2) is 9.78 Å². The minimum Gasteiger partial charge on any atom is -0.461 e. The lowest BCUT2D eigenvalue weighted by molar-refractivity contribution is 0.0520. The number of nitriles is 1. The minimum atomic E-state index is -0.440. The molecule has 2 aromatic heterocycles. The Morgan fingerprint density at radius 3 is 3.19 bits per heavy atom. The van der Waals surface area contributed by atoms with Crippen molar-refractivity contribution < 1.29 is 9.53 Å². The van der Waals surface area contributed by atoms with Gasteiger partial charge >= 0.3 is 5.97 Å². The lowest BCUT2D eigenvalue weighted by Gasteiger charge is -1.96. The predicted octanol–water partition coefficient (Wildman–Crippen LogP) is 1.61. The van der Waals surface area contributed by atoms with Gasteiger partial charge in [0.15, 0.2) is 0 Å². The van der Waals surface area contributed by atoms with E-state index in [0.717, 1.165) is 0 Å². The number of rotatable bonds is 2. The first-order valence-electron chi connectivity index (χ1n) is 4.81. The van der Waals surface area contributed by atoms with Crippen LogP contribution in [0, 0.1) is 11.3 Å². The van der Waals surface area contributed by atoms with Crippen molar-refractivity contribution in [1.29, 1.82) is 5.26 Å². The number of hydrogen-bond donors (Lipinski definition) is 1.